The zero-order chi connectivity index (χ0) is 6.78. The molecule has 0 atom stereocenters. The van der Waals surface area contributed by atoms with E-state index in [0.29, 0.717) is 0 Å². The summed E-state index contributed by atoms with van der Waals surface area (Å²) in [7, 11) is -5.03. The molecule has 0 aliphatic heterocycles. The van der Waals surface area contributed by atoms with Gasteiger partial charge >= 0.3 is 50.4 Å². The second-order valence-corrected chi connectivity index (χ2v) is 3.55. The average Bonchev–Trinajstić information content (AvgIpc) is 1.21. The van der Waals surface area contributed by atoms with Crippen LogP contribution >= 0.6 is 0 Å². The molecule has 11 heteroatoms. The van der Waals surface area contributed by atoms with Crippen molar-refractivity contribution in [3.05, 3.63) is 0 Å². The molecule has 0 spiro atoms. The Bertz CT molecular complexity index is 151. The molecule has 0 heterocycles. The fourth-order valence-corrected chi connectivity index (χ4v) is 1.16. The molecule has 0 bridgehead atoms. The molecule has 0 aromatic rings. The Hall–Kier alpha value is 0.228. The summed E-state index contributed by atoms with van der Waals surface area (Å²) in [5.74, 6) is 0. The van der Waals surface area contributed by atoms with E-state index in [9.17, 15) is 21.2 Å². The van der Waals surface area contributed by atoms with Gasteiger partial charge in [0.25, 0.3) is 0 Å². The Morgan fingerprint density at radius 3 is 1.36 bits per heavy atom. The molecule has 9 nitrogen and oxygen atoms in total. The minimum Gasteiger partial charge on any atom is -0.369 e. The molecule has 0 saturated carbocycles. The zero-order valence-corrected chi connectivity index (χ0v) is 9.00. The van der Waals surface area contributed by atoms with Crippen molar-refractivity contribution in [3.8, 4) is 0 Å². The summed E-state index contributed by atoms with van der Waals surface area (Å²) in [4.78, 5) is 0. The third-order valence-electron chi connectivity index (χ3n) is 0.152. The average molecular weight is 257 g/mol. The van der Waals surface area contributed by atoms with Gasteiger partial charge in [0.1, 0.15) is 0 Å². The first-order valence-corrected chi connectivity index (χ1v) is 4.85. The topological polar surface area (TPSA) is 222 Å². The van der Waals surface area contributed by atoms with Gasteiger partial charge in [-0.25, -0.2) is 0 Å². The maximum atomic E-state index is 9.33. The van der Waals surface area contributed by atoms with Gasteiger partial charge in [0.15, 0.2) is 0 Å². The summed E-state index contributed by atoms with van der Waals surface area (Å²) in [5, 5.41) is 0. The Kier molecular flexibility index (Phi) is 17.0. The van der Waals surface area contributed by atoms with Gasteiger partial charge in [0.2, 0.25) is 0 Å². The Labute approximate surface area is 69.4 Å². The second kappa shape index (κ2) is 8.33. The van der Waals surface area contributed by atoms with Gasteiger partial charge in [-0.15, -0.1) is 0 Å². The predicted octanol–water partition coefficient (Wildman–Crippen LogP) is -2.70. The summed E-state index contributed by atoms with van der Waals surface area (Å²) < 4.78 is 49.5. The summed E-state index contributed by atoms with van der Waals surface area (Å²) in [6, 6.07) is 0. The molecule has 0 aromatic carbocycles. The van der Waals surface area contributed by atoms with Gasteiger partial charge in [-0.3, -0.25) is 0 Å². The maximum absolute atomic E-state index is 9.33. The van der Waals surface area contributed by atoms with Gasteiger partial charge in [-0.05, 0) is 0 Å². The van der Waals surface area contributed by atoms with Crippen LogP contribution in [-0.4, -0.2) is 28.6 Å². The van der Waals surface area contributed by atoms with Gasteiger partial charge in [0.05, 0.1) is 0 Å². The normalized spacial score (nSPS) is 9.09. The monoisotopic (exact) mass is 257 g/mol. The van der Waals surface area contributed by atoms with Gasteiger partial charge < -0.3 is 18.5 Å². The van der Waals surface area contributed by atoms with Crippen molar-refractivity contribution in [2.45, 2.75) is 0 Å². The van der Waals surface area contributed by atoms with E-state index in [4.69, 9.17) is 0 Å². The molecule has 0 amide bonds. The van der Waals surface area contributed by atoms with Crippen LogP contribution in [0.4, 0.5) is 0 Å². The molecule has 0 aliphatic carbocycles. The van der Waals surface area contributed by atoms with Crippen molar-refractivity contribution in [1.29, 1.82) is 0 Å². The predicted molar refractivity (Wildman–Crippen MR) is 34.5 cm³/mol. The SMILES string of the molecule is O=S(=O)([O-])O[As]([O-])[O-].[NH4+].[NH4+].[NH4+]. The van der Waals surface area contributed by atoms with Crippen molar-refractivity contribution in [3.63, 3.8) is 0 Å². The third-order valence-corrected chi connectivity index (χ3v) is 2.37. The van der Waals surface area contributed by atoms with Crippen molar-refractivity contribution >= 4 is 26.1 Å². The molecule has 74 valence electrons. The van der Waals surface area contributed by atoms with Gasteiger partial charge in [0, 0.05) is 0 Å². The van der Waals surface area contributed by atoms with E-state index in [0.717, 1.165) is 0 Å². The summed E-state index contributed by atoms with van der Waals surface area (Å²) in [6.07, 6.45) is 0. The van der Waals surface area contributed by atoms with Crippen LogP contribution in [0.25, 0.3) is 0 Å². The van der Waals surface area contributed by atoms with E-state index < -0.39 is 26.1 Å². The Morgan fingerprint density at radius 1 is 1.09 bits per heavy atom. The zero-order valence-electron chi connectivity index (χ0n) is 6.30. The van der Waals surface area contributed by atoms with Crippen molar-refractivity contribution in [2.24, 2.45) is 0 Å². The number of hydrogen-bond acceptors (Lipinski definition) is 6. The van der Waals surface area contributed by atoms with E-state index in [2.05, 4.69) is 3.17 Å². The quantitative estimate of drug-likeness (QED) is 0.270. The maximum Gasteiger partial charge on any atom is -0.369 e. The standard InChI is InChI=1S/AsHO6S.3H3N/c2-1(3)7-8(4,5)6;;;/h(H,4,5,6);3*1H3/q-2;;;/p+2. The summed E-state index contributed by atoms with van der Waals surface area (Å²) in [6.45, 7) is 0. The molecular formula is H12AsN3O6S. The van der Waals surface area contributed by atoms with Gasteiger partial charge in [-0.2, -0.15) is 0 Å². The molecule has 0 aliphatic rings. The molecule has 0 radical (unpaired) electrons. The van der Waals surface area contributed by atoms with Crippen LogP contribution in [0.2, 0.25) is 0 Å². The van der Waals surface area contributed by atoms with Crippen LogP contribution in [0.1, 0.15) is 0 Å². The van der Waals surface area contributed by atoms with Crippen LogP contribution in [0.3, 0.4) is 0 Å². The number of hydrogen-bond donors (Lipinski definition) is 3. The summed E-state index contributed by atoms with van der Waals surface area (Å²) >= 11 is -4.25. The Morgan fingerprint density at radius 2 is 1.36 bits per heavy atom. The Balaban J connectivity index is -0.0000000817. The minimum atomic E-state index is -5.03. The van der Waals surface area contributed by atoms with Gasteiger partial charge in [-0.1, -0.05) is 0 Å². The minimum absolute atomic E-state index is 0. The van der Waals surface area contributed by atoms with Crippen LogP contribution in [0, 0.1) is 0 Å². The first-order chi connectivity index (χ1) is 3.42. The molecule has 0 unspecified atom stereocenters. The van der Waals surface area contributed by atoms with Crippen molar-refractivity contribution < 1.29 is 24.3 Å². The largest absolute Gasteiger partial charge is 0.369 e. The fraction of sp³-hybridized carbons (Fsp3) is 0. The molecular weight excluding hydrogens is 245 g/mol. The second-order valence-electron chi connectivity index (χ2n) is 0.706. The van der Waals surface area contributed by atoms with E-state index >= 15 is 0 Å². The fourth-order valence-electron chi connectivity index (χ4n) is 0.0745. The first kappa shape index (κ1) is 22.5. The molecule has 0 saturated heterocycles. The van der Waals surface area contributed by atoms with Crippen LogP contribution in [0.5, 0.6) is 0 Å². The number of quaternary nitrogens is 3. The summed E-state index contributed by atoms with van der Waals surface area (Å²) in [5.41, 5.74) is 0. The first-order valence-electron chi connectivity index (χ1n) is 1.21. The molecule has 0 fully saturated rings. The van der Waals surface area contributed by atoms with Crippen LogP contribution in [-0.2, 0) is 13.6 Å². The van der Waals surface area contributed by atoms with E-state index in [1.54, 1.807) is 0 Å². The van der Waals surface area contributed by atoms with Crippen molar-refractivity contribution in [1.82, 2.24) is 18.5 Å². The molecule has 11 heavy (non-hydrogen) atoms. The smallest absolute Gasteiger partial charge is 0.369 e. The molecule has 0 rings (SSSR count). The number of rotatable bonds is 2. The van der Waals surface area contributed by atoms with E-state index in [1.165, 1.54) is 0 Å². The van der Waals surface area contributed by atoms with E-state index in [1.807, 2.05) is 0 Å². The van der Waals surface area contributed by atoms with Crippen molar-refractivity contribution in [2.75, 3.05) is 0 Å². The van der Waals surface area contributed by atoms with Crippen LogP contribution in [0.15, 0.2) is 0 Å². The molecule has 12 N–H and O–H groups in total. The van der Waals surface area contributed by atoms with E-state index in [-0.39, 0.29) is 18.5 Å². The van der Waals surface area contributed by atoms with Crippen LogP contribution < -0.4 is 26.6 Å². The third kappa shape index (κ3) is 25.3. The molecule has 0 aromatic heterocycles.